The molecule has 0 spiro atoms. The van der Waals surface area contributed by atoms with Crippen LogP contribution in [-0.2, 0) is 6.54 Å². The van der Waals surface area contributed by atoms with E-state index in [-0.39, 0.29) is 5.91 Å². The molecule has 1 amide bonds. The second kappa shape index (κ2) is 8.63. The van der Waals surface area contributed by atoms with Gasteiger partial charge in [-0.05, 0) is 30.5 Å². The molecule has 2 aromatic carbocycles. The summed E-state index contributed by atoms with van der Waals surface area (Å²) in [4.78, 5) is 17.1. The summed E-state index contributed by atoms with van der Waals surface area (Å²) in [5, 5.41) is 0.363. The summed E-state index contributed by atoms with van der Waals surface area (Å²) < 4.78 is 5.31. The van der Waals surface area contributed by atoms with Gasteiger partial charge in [-0.2, -0.15) is 0 Å². The molecular formula is C21H26ClN3O2. The third-order valence-electron chi connectivity index (χ3n) is 5.05. The summed E-state index contributed by atoms with van der Waals surface area (Å²) in [6.45, 7) is 3.70. The number of methoxy groups -OCH3 is 1. The van der Waals surface area contributed by atoms with Crippen LogP contribution in [0.25, 0.3) is 0 Å². The SMILES string of the molecule is COc1cc(N)c(Cl)cc1C(=O)N(C)CC1CCN(Cc2ccccc2)C1. The quantitative estimate of drug-likeness (QED) is 0.770. The molecule has 2 aromatic rings. The van der Waals surface area contributed by atoms with Crippen LogP contribution < -0.4 is 10.5 Å². The van der Waals surface area contributed by atoms with Crippen LogP contribution >= 0.6 is 11.6 Å². The minimum Gasteiger partial charge on any atom is -0.496 e. The molecular weight excluding hydrogens is 362 g/mol. The predicted octanol–water partition coefficient (Wildman–Crippen LogP) is 3.52. The van der Waals surface area contributed by atoms with Crippen molar-refractivity contribution >= 4 is 23.2 Å². The lowest BCUT2D eigenvalue weighted by molar-refractivity contribution is 0.0770. The number of hydrogen-bond acceptors (Lipinski definition) is 4. The van der Waals surface area contributed by atoms with Gasteiger partial charge in [-0.25, -0.2) is 0 Å². The number of anilines is 1. The van der Waals surface area contributed by atoms with Crippen molar-refractivity contribution < 1.29 is 9.53 Å². The molecule has 5 nitrogen and oxygen atoms in total. The number of benzene rings is 2. The molecule has 1 saturated heterocycles. The Balaban J connectivity index is 1.60. The normalized spacial score (nSPS) is 17.1. The lowest BCUT2D eigenvalue weighted by Crippen LogP contribution is -2.33. The zero-order chi connectivity index (χ0) is 19.4. The van der Waals surface area contributed by atoms with E-state index < -0.39 is 0 Å². The van der Waals surface area contributed by atoms with Crippen LogP contribution in [-0.4, -0.2) is 49.5 Å². The number of carbonyl (C=O) groups is 1. The van der Waals surface area contributed by atoms with Gasteiger partial charge in [-0.1, -0.05) is 41.9 Å². The number of ether oxygens (including phenoxy) is 1. The van der Waals surface area contributed by atoms with E-state index in [1.54, 1.807) is 17.0 Å². The monoisotopic (exact) mass is 387 g/mol. The number of hydrogen-bond donors (Lipinski definition) is 1. The highest BCUT2D eigenvalue weighted by molar-refractivity contribution is 6.33. The van der Waals surface area contributed by atoms with Crippen LogP contribution in [0.5, 0.6) is 5.75 Å². The van der Waals surface area contributed by atoms with Crippen LogP contribution in [0.4, 0.5) is 5.69 Å². The van der Waals surface area contributed by atoms with Crippen molar-refractivity contribution in [3.05, 3.63) is 58.6 Å². The summed E-state index contributed by atoms with van der Waals surface area (Å²) in [6, 6.07) is 13.7. The van der Waals surface area contributed by atoms with Gasteiger partial charge in [0.05, 0.1) is 23.4 Å². The van der Waals surface area contributed by atoms with Crippen molar-refractivity contribution in [2.75, 3.05) is 39.5 Å². The van der Waals surface area contributed by atoms with E-state index in [1.807, 2.05) is 13.1 Å². The van der Waals surface area contributed by atoms with Gasteiger partial charge in [0.15, 0.2) is 0 Å². The van der Waals surface area contributed by atoms with E-state index >= 15 is 0 Å². The van der Waals surface area contributed by atoms with E-state index in [0.717, 1.165) is 26.1 Å². The van der Waals surface area contributed by atoms with Crippen LogP contribution in [0.2, 0.25) is 5.02 Å². The molecule has 1 unspecified atom stereocenters. The van der Waals surface area contributed by atoms with Crippen LogP contribution in [0.1, 0.15) is 22.3 Å². The van der Waals surface area contributed by atoms with Gasteiger partial charge in [0.2, 0.25) is 0 Å². The summed E-state index contributed by atoms with van der Waals surface area (Å²) in [6.07, 6.45) is 1.09. The maximum Gasteiger partial charge on any atom is 0.257 e. The minimum atomic E-state index is -0.102. The fourth-order valence-electron chi connectivity index (χ4n) is 3.63. The molecule has 0 aliphatic carbocycles. The maximum absolute atomic E-state index is 12.9. The summed E-state index contributed by atoms with van der Waals surface area (Å²) in [5.74, 6) is 0.805. The standard InChI is InChI=1S/C21H26ClN3O2/c1-24(21(26)17-10-18(22)19(23)11-20(17)27-2)12-16-8-9-25(14-16)13-15-6-4-3-5-7-15/h3-7,10-11,16H,8-9,12-14,23H2,1-2H3. The first-order chi connectivity index (χ1) is 13.0. The molecule has 0 aromatic heterocycles. The molecule has 2 N–H and O–H groups in total. The van der Waals surface area contributed by atoms with E-state index in [9.17, 15) is 4.79 Å². The zero-order valence-corrected chi connectivity index (χ0v) is 16.6. The number of likely N-dealkylation sites (tertiary alicyclic amines) is 1. The van der Waals surface area contributed by atoms with Crippen molar-refractivity contribution in [1.82, 2.24) is 9.80 Å². The summed E-state index contributed by atoms with van der Waals surface area (Å²) >= 11 is 6.10. The number of nitrogens with two attached hydrogens (primary N) is 1. The number of carbonyl (C=O) groups excluding carboxylic acids is 1. The molecule has 0 saturated carbocycles. The Morgan fingerprint density at radius 1 is 1.33 bits per heavy atom. The first-order valence-corrected chi connectivity index (χ1v) is 9.50. The molecule has 0 bridgehead atoms. The van der Waals surface area contributed by atoms with Crippen LogP contribution in [0, 0.1) is 5.92 Å². The summed E-state index contributed by atoms with van der Waals surface area (Å²) in [7, 11) is 3.35. The number of nitrogen functional groups attached to an aromatic ring is 1. The molecule has 1 aliphatic heterocycles. The average Bonchev–Trinajstić information content (AvgIpc) is 3.10. The van der Waals surface area contributed by atoms with Crippen molar-refractivity contribution in [1.29, 1.82) is 0 Å². The highest BCUT2D eigenvalue weighted by Crippen LogP contribution is 2.30. The molecule has 1 fully saturated rings. The molecule has 144 valence electrons. The van der Waals surface area contributed by atoms with Gasteiger partial charge in [0.1, 0.15) is 5.75 Å². The third-order valence-corrected chi connectivity index (χ3v) is 5.37. The fraction of sp³-hybridized carbons (Fsp3) is 0.381. The number of amides is 1. The molecule has 1 heterocycles. The van der Waals surface area contributed by atoms with E-state index in [2.05, 4.69) is 29.2 Å². The number of rotatable bonds is 6. The van der Waals surface area contributed by atoms with Gasteiger partial charge >= 0.3 is 0 Å². The van der Waals surface area contributed by atoms with Gasteiger partial charge in [-0.3, -0.25) is 9.69 Å². The first-order valence-electron chi connectivity index (χ1n) is 9.12. The first kappa shape index (κ1) is 19.5. The smallest absolute Gasteiger partial charge is 0.257 e. The van der Waals surface area contributed by atoms with Gasteiger partial charge < -0.3 is 15.4 Å². The molecule has 1 aliphatic rings. The van der Waals surface area contributed by atoms with E-state index in [0.29, 0.717) is 34.5 Å². The van der Waals surface area contributed by atoms with Crippen molar-refractivity contribution in [2.45, 2.75) is 13.0 Å². The second-order valence-corrected chi connectivity index (χ2v) is 7.54. The van der Waals surface area contributed by atoms with Gasteiger partial charge in [0.25, 0.3) is 5.91 Å². The molecule has 27 heavy (non-hydrogen) atoms. The maximum atomic E-state index is 12.9. The highest BCUT2D eigenvalue weighted by Gasteiger charge is 2.26. The van der Waals surface area contributed by atoms with E-state index in [4.69, 9.17) is 22.1 Å². The Labute approximate surface area is 165 Å². The molecule has 6 heteroatoms. The fourth-order valence-corrected chi connectivity index (χ4v) is 3.79. The van der Waals surface area contributed by atoms with Gasteiger partial charge in [-0.15, -0.1) is 0 Å². The topological polar surface area (TPSA) is 58.8 Å². The Morgan fingerprint density at radius 3 is 2.78 bits per heavy atom. The Hall–Kier alpha value is -2.24. The van der Waals surface area contributed by atoms with Crippen molar-refractivity contribution in [3.63, 3.8) is 0 Å². The lowest BCUT2D eigenvalue weighted by Gasteiger charge is -2.23. The van der Waals surface area contributed by atoms with Crippen LogP contribution in [0.15, 0.2) is 42.5 Å². The number of halogens is 1. The highest BCUT2D eigenvalue weighted by atomic mass is 35.5. The molecule has 1 atom stereocenters. The largest absolute Gasteiger partial charge is 0.496 e. The minimum absolute atomic E-state index is 0.102. The Bertz CT molecular complexity index is 798. The van der Waals surface area contributed by atoms with Crippen molar-refractivity contribution in [2.24, 2.45) is 5.92 Å². The summed E-state index contributed by atoms with van der Waals surface area (Å²) in [5.41, 5.74) is 7.98. The van der Waals surface area contributed by atoms with Crippen LogP contribution in [0.3, 0.4) is 0 Å². The average molecular weight is 388 g/mol. The van der Waals surface area contributed by atoms with E-state index in [1.165, 1.54) is 12.7 Å². The number of nitrogens with zero attached hydrogens (tertiary/aromatic N) is 2. The Kier molecular flexibility index (Phi) is 6.24. The van der Waals surface area contributed by atoms with Crippen molar-refractivity contribution in [3.8, 4) is 5.75 Å². The predicted molar refractivity (Wildman–Crippen MR) is 109 cm³/mol. The molecule has 0 radical (unpaired) electrons. The lowest BCUT2D eigenvalue weighted by atomic mass is 10.1. The third kappa shape index (κ3) is 4.73. The second-order valence-electron chi connectivity index (χ2n) is 7.14. The van der Waals surface area contributed by atoms with Gasteiger partial charge in [0, 0.05) is 32.7 Å². The molecule has 3 rings (SSSR count). The Morgan fingerprint density at radius 2 is 2.07 bits per heavy atom. The zero-order valence-electron chi connectivity index (χ0n) is 15.8.